The summed E-state index contributed by atoms with van der Waals surface area (Å²) in [6.45, 7) is 0.797. The molecule has 2 rings (SSSR count). The van der Waals surface area contributed by atoms with Gasteiger partial charge >= 0.3 is 6.18 Å². The van der Waals surface area contributed by atoms with Crippen LogP contribution in [0.15, 0.2) is 0 Å². The van der Waals surface area contributed by atoms with E-state index in [0.717, 1.165) is 25.8 Å². The molecule has 2 heterocycles. The molecular formula is C13H22F3N3O. The molecule has 20 heavy (non-hydrogen) atoms. The number of alkyl halides is 3. The van der Waals surface area contributed by atoms with Crippen molar-refractivity contribution in [1.29, 1.82) is 0 Å². The molecule has 0 saturated carbocycles. The molecule has 0 aromatic heterocycles. The third-order valence-electron chi connectivity index (χ3n) is 3.96. The second-order valence-electron chi connectivity index (χ2n) is 5.68. The third-order valence-corrected chi connectivity index (χ3v) is 3.96. The largest absolute Gasteiger partial charge is 0.401 e. The van der Waals surface area contributed by atoms with Crippen LogP contribution in [0.5, 0.6) is 0 Å². The Balaban J connectivity index is 1.70. The number of carbonyl (C=O) groups is 1. The van der Waals surface area contributed by atoms with Crippen LogP contribution in [0.2, 0.25) is 0 Å². The van der Waals surface area contributed by atoms with E-state index in [1.54, 1.807) is 0 Å². The van der Waals surface area contributed by atoms with Crippen LogP contribution in [0.4, 0.5) is 13.2 Å². The van der Waals surface area contributed by atoms with E-state index in [9.17, 15) is 18.0 Å². The Bertz CT molecular complexity index is 321. The summed E-state index contributed by atoms with van der Waals surface area (Å²) < 4.78 is 36.8. The topological polar surface area (TPSA) is 44.4 Å². The summed E-state index contributed by atoms with van der Waals surface area (Å²) in [5.41, 5.74) is 0. The number of likely N-dealkylation sites (tertiary alicyclic amines) is 1. The number of hydrogen-bond donors (Lipinski definition) is 2. The van der Waals surface area contributed by atoms with Crippen LogP contribution in [0.1, 0.15) is 32.1 Å². The van der Waals surface area contributed by atoms with E-state index in [0.29, 0.717) is 25.9 Å². The van der Waals surface area contributed by atoms with E-state index in [1.807, 2.05) is 0 Å². The molecule has 0 bridgehead atoms. The number of nitrogens with one attached hydrogen (secondary N) is 2. The summed E-state index contributed by atoms with van der Waals surface area (Å²) in [5, 5.41) is 6.14. The van der Waals surface area contributed by atoms with E-state index in [2.05, 4.69) is 10.6 Å². The summed E-state index contributed by atoms with van der Waals surface area (Å²) in [7, 11) is 0. The highest BCUT2D eigenvalue weighted by atomic mass is 19.4. The molecule has 0 spiro atoms. The predicted octanol–water partition coefficient (Wildman–Crippen LogP) is 1.27. The first-order valence-corrected chi connectivity index (χ1v) is 7.27. The Hall–Kier alpha value is -0.820. The molecule has 0 aromatic carbocycles. The van der Waals surface area contributed by atoms with Crippen LogP contribution in [-0.2, 0) is 4.79 Å². The summed E-state index contributed by atoms with van der Waals surface area (Å²) in [4.78, 5) is 13.4. The fraction of sp³-hybridized carbons (Fsp3) is 0.923. The van der Waals surface area contributed by atoms with Crippen LogP contribution < -0.4 is 10.6 Å². The lowest BCUT2D eigenvalue weighted by Gasteiger charge is -2.33. The number of halogens is 3. The maximum absolute atomic E-state index is 12.3. The average molecular weight is 293 g/mol. The molecule has 7 heteroatoms. The lowest BCUT2D eigenvalue weighted by atomic mass is 10.0. The molecule has 2 aliphatic rings. The Morgan fingerprint density at radius 3 is 2.45 bits per heavy atom. The van der Waals surface area contributed by atoms with Gasteiger partial charge in [-0.3, -0.25) is 9.69 Å². The van der Waals surface area contributed by atoms with Gasteiger partial charge in [-0.1, -0.05) is 6.42 Å². The summed E-state index contributed by atoms with van der Waals surface area (Å²) in [5.74, 6) is -0.000952. The molecule has 2 fully saturated rings. The lowest BCUT2D eigenvalue weighted by Crippen LogP contribution is -2.52. The van der Waals surface area contributed by atoms with Crippen LogP contribution >= 0.6 is 0 Å². The van der Waals surface area contributed by atoms with Gasteiger partial charge < -0.3 is 10.6 Å². The Labute approximate surface area is 117 Å². The zero-order valence-corrected chi connectivity index (χ0v) is 11.5. The molecule has 116 valence electrons. The number of amides is 1. The minimum Gasteiger partial charge on any atom is -0.352 e. The third kappa shape index (κ3) is 4.94. The first-order valence-electron chi connectivity index (χ1n) is 7.27. The lowest BCUT2D eigenvalue weighted by molar-refractivity contribution is -0.148. The molecule has 4 nitrogen and oxygen atoms in total. The molecule has 0 radical (unpaired) electrons. The van der Waals surface area contributed by atoms with Gasteiger partial charge in [0.15, 0.2) is 0 Å². The standard InChI is InChI=1S/C13H22F3N3O/c14-13(15,16)9-19-7-4-10(5-8-19)18-12(20)11-3-1-2-6-17-11/h10-11,17H,1-9H2,(H,18,20)/t11-/m1/s1. The van der Waals surface area contributed by atoms with E-state index in [-0.39, 0.29) is 18.0 Å². The van der Waals surface area contributed by atoms with Crippen LogP contribution in [-0.4, -0.2) is 55.2 Å². The van der Waals surface area contributed by atoms with Gasteiger partial charge in [-0.25, -0.2) is 0 Å². The minimum atomic E-state index is -4.14. The number of hydrogen-bond acceptors (Lipinski definition) is 3. The first-order chi connectivity index (χ1) is 9.44. The quantitative estimate of drug-likeness (QED) is 0.824. The Kier molecular flexibility index (Phi) is 5.26. The highest BCUT2D eigenvalue weighted by molar-refractivity contribution is 5.82. The molecule has 0 aromatic rings. The molecule has 2 saturated heterocycles. The predicted molar refractivity (Wildman–Crippen MR) is 69.3 cm³/mol. The van der Waals surface area contributed by atoms with Gasteiger partial charge in [0, 0.05) is 19.1 Å². The van der Waals surface area contributed by atoms with Crippen molar-refractivity contribution in [3.63, 3.8) is 0 Å². The molecule has 0 unspecified atom stereocenters. The Morgan fingerprint density at radius 2 is 1.90 bits per heavy atom. The van der Waals surface area contributed by atoms with Gasteiger partial charge in [0.25, 0.3) is 0 Å². The second-order valence-corrected chi connectivity index (χ2v) is 5.68. The van der Waals surface area contributed by atoms with Crippen molar-refractivity contribution in [3.05, 3.63) is 0 Å². The monoisotopic (exact) mass is 293 g/mol. The van der Waals surface area contributed by atoms with Crippen molar-refractivity contribution in [1.82, 2.24) is 15.5 Å². The van der Waals surface area contributed by atoms with Crippen molar-refractivity contribution in [3.8, 4) is 0 Å². The van der Waals surface area contributed by atoms with Gasteiger partial charge in [-0.15, -0.1) is 0 Å². The minimum absolute atomic E-state index is 0.000952. The highest BCUT2D eigenvalue weighted by Crippen LogP contribution is 2.20. The molecule has 1 amide bonds. The smallest absolute Gasteiger partial charge is 0.352 e. The van der Waals surface area contributed by atoms with Crippen molar-refractivity contribution >= 4 is 5.91 Å². The van der Waals surface area contributed by atoms with Crippen molar-refractivity contribution in [2.45, 2.75) is 50.4 Å². The van der Waals surface area contributed by atoms with Gasteiger partial charge in [-0.2, -0.15) is 13.2 Å². The molecule has 2 N–H and O–H groups in total. The number of carbonyl (C=O) groups excluding carboxylic acids is 1. The maximum atomic E-state index is 12.3. The molecule has 1 atom stereocenters. The van der Waals surface area contributed by atoms with Crippen LogP contribution in [0, 0.1) is 0 Å². The molecular weight excluding hydrogens is 271 g/mol. The number of rotatable bonds is 3. The zero-order valence-electron chi connectivity index (χ0n) is 11.5. The fourth-order valence-corrected chi connectivity index (χ4v) is 2.87. The SMILES string of the molecule is O=C(NC1CCN(CC(F)(F)F)CC1)[C@H]1CCCCN1. The number of nitrogens with zero attached hydrogens (tertiary/aromatic N) is 1. The van der Waals surface area contributed by atoms with E-state index in [1.165, 1.54) is 4.90 Å². The normalized spacial score (nSPS) is 26.4. The van der Waals surface area contributed by atoms with Crippen molar-refractivity contribution in [2.24, 2.45) is 0 Å². The fourth-order valence-electron chi connectivity index (χ4n) is 2.87. The van der Waals surface area contributed by atoms with Gasteiger partial charge in [0.2, 0.25) is 5.91 Å². The van der Waals surface area contributed by atoms with Gasteiger partial charge in [0.1, 0.15) is 0 Å². The van der Waals surface area contributed by atoms with E-state index in [4.69, 9.17) is 0 Å². The van der Waals surface area contributed by atoms with Gasteiger partial charge in [-0.05, 0) is 32.2 Å². The second kappa shape index (κ2) is 6.76. The summed E-state index contributed by atoms with van der Waals surface area (Å²) in [6, 6.07) is -0.118. The van der Waals surface area contributed by atoms with Crippen LogP contribution in [0.3, 0.4) is 0 Å². The van der Waals surface area contributed by atoms with Crippen molar-refractivity contribution < 1.29 is 18.0 Å². The summed E-state index contributed by atoms with van der Waals surface area (Å²) >= 11 is 0. The zero-order chi connectivity index (χ0) is 14.6. The van der Waals surface area contributed by atoms with Crippen molar-refractivity contribution in [2.75, 3.05) is 26.2 Å². The molecule has 2 aliphatic heterocycles. The first kappa shape index (κ1) is 15.6. The maximum Gasteiger partial charge on any atom is 0.401 e. The Morgan fingerprint density at radius 1 is 1.20 bits per heavy atom. The highest BCUT2D eigenvalue weighted by Gasteiger charge is 2.33. The van der Waals surface area contributed by atoms with E-state index >= 15 is 0 Å². The summed E-state index contributed by atoms with van der Waals surface area (Å²) in [6.07, 6.45) is 0.0403. The molecule has 0 aliphatic carbocycles. The van der Waals surface area contributed by atoms with E-state index < -0.39 is 12.7 Å². The van der Waals surface area contributed by atoms with Crippen LogP contribution in [0.25, 0.3) is 0 Å². The number of piperidine rings is 2. The van der Waals surface area contributed by atoms with Gasteiger partial charge in [0.05, 0.1) is 12.6 Å². The average Bonchev–Trinajstić information content (AvgIpc) is 2.40.